The molecule has 0 radical (unpaired) electrons. The minimum Gasteiger partial charge on any atom is -0.492 e. The van der Waals surface area contributed by atoms with Gasteiger partial charge in [-0.25, -0.2) is 4.98 Å². The topological polar surface area (TPSA) is 92.4 Å². The third-order valence-electron chi connectivity index (χ3n) is 6.16. The van der Waals surface area contributed by atoms with Gasteiger partial charge in [0.1, 0.15) is 12.4 Å². The van der Waals surface area contributed by atoms with E-state index in [4.69, 9.17) is 14.6 Å². The summed E-state index contributed by atoms with van der Waals surface area (Å²) < 4.78 is 11.7. The maximum Gasteiger partial charge on any atom is 0.304 e. The Balaban J connectivity index is 1.58. The van der Waals surface area contributed by atoms with Crippen LogP contribution in [0.1, 0.15) is 51.3 Å². The summed E-state index contributed by atoms with van der Waals surface area (Å²) in [6, 6.07) is 12.1. The van der Waals surface area contributed by atoms with E-state index < -0.39 is 5.97 Å². The number of rotatable bonds is 6. The second-order valence-corrected chi connectivity index (χ2v) is 8.65. The van der Waals surface area contributed by atoms with Gasteiger partial charge in [0.05, 0.1) is 24.7 Å². The highest BCUT2D eigenvalue weighted by atomic mass is 16.5. The van der Waals surface area contributed by atoms with Crippen molar-refractivity contribution in [3.8, 4) is 28.8 Å². The lowest BCUT2D eigenvalue weighted by atomic mass is 9.89. The molecule has 0 saturated heterocycles. The second kappa shape index (κ2) is 8.95. The average Bonchev–Trinajstić information content (AvgIpc) is 3.15. The number of hydrogen-bond donors (Lipinski definition) is 1. The van der Waals surface area contributed by atoms with E-state index in [1.807, 2.05) is 26.0 Å². The predicted molar refractivity (Wildman–Crippen MR) is 125 cm³/mol. The van der Waals surface area contributed by atoms with E-state index in [1.54, 1.807) is 12.3 Å². The Bertz CT molecular complexity index is 1270. The van der Waals surface area contributed by atoms with Gasteiger partial charge in [0, 0.05) is 23.7 Å². The highest BCUT2D eigenvalue weighted by molar-refractivity contribution is 5.75. The smallest absolute Gasteiger partial charge is 0.304 e. The third kappa shape index (κ3) is 4.54. The van der Waals surface area contributed by atoms with Crippen LogP contribution in [-0.4, -0.2) is 22.7 Å². The Hall–Kier alpha value is -3.85. The molecule has 1 aliphatic rings. The van der Waals surface area contributed by atoms with Gasteiger partial charge < -0.3 is 14.6 Å². The molecule has 0 unspecified atom stereocenters. The largest absolute Gasteiger partial charge is 0.492 e. The van der Waals surface area contributed by atoms with Crippen molar-refractivity contribution in [2.24, 2.45) is 0 Å². The first kappa shape index (κ1) is 22.3. The van der Waals surface area contributed by atoms with Gasteiger partial charge in [0.2, 0.25) is 5.88 Å². The molecule has 1 aromatic heterocycles. The maximum absolute atomic E-state index is 11.0. The first-order valence-electron chi connectivity index (χ1n) is 10.9. The molecule has 3 aromatic rings. The summed E-state index contributed by atoms with van der Waals surface area (Å²) in [4.78, 5) is 15.4. The molecule has 0 saturated carbocycles. The summed E-state index contributed by atoms with van der Waals surface area (Å²) in [6.07, 6.45) is 1.68. The summed E-state index contributed by atoms with van der Waals surface area (Å²) in [5.74, 6) is 0.0448. The predicted octanol–water partition coefficient (Wildman–Crippen LogP) is 5.38. The molecule has 6 nitrogen and oxygen atoms in total. The monoisotopic (exact) mass is 442 g/mol. The molecule has 33 heavy (non-hydrogen) atoms. The number of nitrogens with zero attached hydrogens (tertiary/aromatic N) is 2. The van der Waals surface area contributed by atoms with Crippen LogP contribution in [0.5, 0.6) is 11.6 Å². The van der Waals surface area contributed by atoms with Crippen molar-refractivity contribution < 1.29 is 19.4 Å². The summed E-state index contributed by atoms with van der Waals surface area (Å²) >= 11 is 0. The fourth-order valence-corrected chi connectivity index (χ4v) is 4.53. The molecule has 0 spiro atoms. The summed E-state index contributed by atoms with van der Waals surface area (Å²) in [5, 5.41) is 18.3. The lowest BCUT2D eigenvalue weighted by Crippen LogP contribution is -2.07. The number of nitriles is 1. The first-order valence-corrected chi connectivity index (χ1v) is 10.9. The standard InChI is InChI=1S/C27H26N2O4/c1-15-5-16(2)22(27-17(3)6-19(11-28)7-18(27)4)8-20(15)13-33-25-10-24-23(12-29-25)21(14-32-24)9-26(30)31/h5-8,10,12,21H,9,13-14H2,1-4H3,(H,30,31)/t21-/m1/s1. The number of pyridine rings is 1. The number of fused-ring (bicyclic) bond motifs is 1. The van der Waals surface area contributed by atoms with Crippen LogP contribution >= 0.6 is 0 Å². The van der Waals surface area contributed by atoms with Crippen LogP contribution in [0.25, 0.3) is 11.1 Å². The van der Waals surface area contributed by atoms with Gasteiger partial charge in [-0.1, -0.05) is 6.07 Å². The van der Waals surface area contributed by atoms with E-state index in [9.17, 15) is 10.1 Å². The van der Waals surface area contributed by atoms with Crippen LogP contribution in [0.15, 0.2) is 36.5 Å². The van der Waals surface area contributed by atoms with Gasteiger partial charge in [-0.3, -0.25) is 4.79 Å². The fraction of sp³-hybridized carbons (Fsp3) is 0.296. The molecule has 0 amide bonds. The molecule has 168 valence electrons. The molecule has 6 heteroatoms. The quantitative estimate of drug-likeness (QED) is 0.551. The van der Waals surface area contributed by atoms with Gasteiger partial charge >= 0.3 is 5.97 Å². The Morgan fingerprint density at radius 3 is 2.52 bits per heavy atom. The summed E-state index contributed by atoms with van der Waals surface area (Å²) in [7, 11) is 0. The van der Waals surface area contributed by atoms with Crippen molar-refractivity contribution in [1.29, 1.82) is 5.26 Å². The first-order chi connectivity index (χ1) is 15.8. The molecule has 2 aromatic carbocycles. The molecular formula is C27H26N2O4. The van der Waals surface area contributed by atoms with E-state index in [-0.39, 0.29) is 12.3 Å². The van der Waals surface area contributed by atoms with Crippen molar-refractivity contribution in [3.63, 3.8) is 0 Å². The van der Waals surface area contributed by atoms with Crippen molar-refractivity contribution in [3.05, 3.63) is 75.5 Å². The van der Waals surface area contributed by atoms with Crippen molar-refractivity contribution in [1.82, 2.24) is 4.98 Å². The van der Waals surface area contributed by atoms with E-state index in [1.165, 1.54) is 5.56 Å². The number of hydrogen-bond acceptors (Lipinski definition) is 5. The molecule has 1 aliphatic heterocycles. The zero-order valence-corrected chi connectivity index (χ0v) is 19.2. The average molecular weight is 443 g/mol. The minimum absolute atomic E-state index is 0.0222. The Labute approximate surface area is 193 Å². The zero-order chi connectivity index (χ0) is 23.7. The molecule has 4 rings (SSSR count). The molecule has 0 bridgehead atoms. The number of ether oxygens (including phenoxy) is 2. The van der Waals surface area contributed by atoms with Gasteiger partial charge in [-0.05, 0) is 84.8 Å². The molecule has 2 heterocycles. The van der Waals surface area contributed by atoms with Crippen molar-refractivity contribution >= 4 is 5.97 Å². The van der Waals surface area contributed by atoms with Crippen LogP contribution in [-0.2, 0) is 11.4 Å². The zero-order valence-electron chi connectivity index (χ0n) is 19.2. The normalized spacial score (nSPS) is 14.3. The van der Waals surface area contributed by atoms with Gasteiger partial charge in [0.15, 0.2) is 0 Å². The minimum atomic E-state index is -0.852. The number of benzene rings is 2. The number of carboxylic acid groups (broad SMARTS) is 1. The highest BCUT2D eigenvalue weighted by Gasteiger charge is 2.27. The number of aryl methyl sites for hydroxylation is 4. The van der Waals surface area contributed by atoms with Crippen molar-refractivity contribution in [2.75, 3.05) is 6.61 Å². The Kier molecular flexibility index (Phi) is 6.06. The third-order valence-corrected chi connectivity index (χ3v) is 6.16. The summed E-state index contributed by atoms with van der Waals surface area (Å²) in [6.45, 7) is 8.91. The highest BCUT2D eigenvalue weighted by Crippen LogP contribution is 2.37. The van der Waals surface area contributed by atoms with Crippen molar-refractivity contribution in [2.45, 2.75) is 46.6 Å². The number of aromatic nitrogens is 1. The molecule has 0 fully saturated rings. The molecule has 0 aliphatic carbocycles. The van der Waals surface area contributed by atoms with Crippen LogP contribution in [0, 0.1) is 39.0 Å². The summed E-state index contributed by atoms with van der Waals surface area (Å²) in [5.41, 5.74) is 9.22. The molecular weight excluding hydrogens is 416 g/mol. The van der Waals surface area contributed by atoms with E-state index >= 15 is 0 Å². The molecule has 1 N–H and O–H groups in total. The lowest BCUT2D eigenvalue weighted by molar-refractivity contribution is -0.137. The van der Waals surface area contributed by atoms with Crippen LogP contribution < -0.4 is 9.47 Å². The van der Waals surface area contributed by atoms with Crippen LogP contribution in [0.3, 0.4) is 0 Å². The maximum atomic E-state index is 11.0. The Morgan fingerprint density at radius 2 is 1.85 bits per heavy atom. The van der Waals surface area contributed by atoms with E-state index in [2.05, 4.69) is 37.0 Å². The van der Waals surface area contributed by atoms with E-state index in [0.29, 0.717) is 30.4 Å². The van der Waals surface area contributed by atoms with Crippen LogP contribution in [0.2, 0.25) is 0 Å². The van der Waals surface area contributed by atoms with E-state index in [0.717, 1.165) is 38.9 Å². The Morgan fingerprint density at radius 1 is 1.12 bits per heavy atom. The SMILES string of the molecule is Cc1cc(C)c(-c2c(C)cc(C#N)cc2C)cc1COc1cc2c(cn1)[C@H](CC(=O)O)CO2. The number of aliphatic carboxylic acids is 1. The van der Waals surface area contributed by atoms with Gasteiger partial charge in [0.25, 0.3) is 0 Å². The number of carboxylic acids is 1. The lowest BCUT2D eigenvalue weighted by Gasteiger charge is -2.17. The fourth-order valence-electron chi connectivity index (χ4n) is 4.53. The van der Waals surface area contributed by atoms with Gasteiger partial charge in [-0.2, -0.15) is 5.26 Å². The molecule has 1 atom stereocenters. The second-order valence-electron chi connectivity index (χ2n) is 8.65. The van der Waals surface area contributed by atoms with Gasteiger partial charge in [-0.15, -0.1) is 0 Å². The van der Waals surface area contributed by atoms with Crippen LogP contribution in [0.4, 0.5) is 0 Å². The number of carbonyl (C=O) groups is 1.